The van der Waals surface area contributed by atoms with E-state index >= 15 is 0 Å². The smallest absolute Gasteiger partial charge is 0.871 e. The van der Waals surface area contributed by atoms with Gasteiger partial charge in [0.05, 0.1) is 56.1 Å². The van der Waals surface area contributed by atoms with Crippen molar-refractivity contribution in [2.45, 2.75) is 76.4 Å². The summed E-state index contributed by atoms with van der Waals surface area (Å²) in [5.41, 5.74) is 1.32. The Bertz CT molecular complexity index is 2660. The van der Waals surface area contributed by atoms with Crippen LogP contribution < -0.4 is 59.4 Å². The van der Waals surface area contributed by atoms with Gasteiger partial charge in [0.1, 0.15) is 11.4 Å². The standard InChI is InChI=1S/2C22H27N5O5S.Co.Na/c2*1-15(2)32-13-7-12-23-33(30,31)18-10-11-20(28)19(14-18)24-25-21-16(3)26-27(22(21)29)17-8-5-4-6-9-17;;/h2*4-6,8-11,14-15,23,28-29H,7,12-13H2,1-3H3;;/q;;+3;+1/p-4. The van der Waals surface area contributed by atoms with E-state index in [1.54, 1.807) is 62.4 Å². The summed E-state index contributed by atoms with van der Waals surface area (Å²) < 4.78 is 68.3. The molecule has 4 aromatic carbocycles. The molecule has 0 saturated heterocycles. The van der Waals surface area contributed by atoms with Crippen molar-refractivity contribution < 1.29 is 93.1 Å². The van der Waals surface area contributed by atoms with Crippen LogP contribution in [0.25, 0.3) is 11.4 Å². The van der Waals surface area contributed by atoms with Crippen molar-refractivity contribution >= 4 is 42.8 Å². The predicted octanol–water partition coefficient (Wildman–Crippen LogP) is 2.67. The summed E-state index contributed by atoms with van der Waals surface area (Å²) in [5, 5.41) is 73.7. The second kappa shape index (κ2) is 26.6. The fourth-order valence-electron chi connectivity index (χ4n) is 5.77. The molecule has 24 heteroatoms. The monoisotopic (exact) mass is 1020 g/mol. The number of para-hydroxylation sites is 2. The predicted molar refractivity (Wildman–Crippen MR) is 237 cm³/mol. The first-order valence-corrected chi connectivity index (χ1v) is 23.7. The van der Waals surface area contributed by atoms with Crippen LogP contribution in [0, 0.1) is 13.8 Å². The molecular formula is C44H50CoN10NaO10S2. The van der Waals surface area contributed by atoms with Gasteiger partial charge in [-0.1, -0.05) is 60.0 Å². The van der Waals surface area contributed by atoms with E-state index in [-0.39, 0.29) is 104 Å². The summed E-state index contributed by atoms with van der Waals surface area (Å²) in [7, 11) is -7.71. The van der Waals surface area contributed by atoms with Gasteiger partial charge >= 0.3 is 46.3 Å². The molecule has 2 N–H and O–H groups in total. The van der Waals surface area contributed by atoms with Crippen molar-refractivity contribution in [3.05, 3.63) is 108 Å². The number of hydrogen-bond acceptors (Lipinski definition) is 16. The first-order chi connectivity index (χ1) is 31.4. The minimum atomic E-state index is -3.86. The molecule has 0 spiro atoms. The Morgan fingerprint density at radius 1 is 0.574 bits per heavy atom. The summed E-state index contributed by atoms with van der Waals surface area (Å²) >= 11 is 0. The fourth-order valence-corrected chi connectivity index (χ4v) is 7.96. The van der Waals surface area contributed by atoms with Crippen LogP contribution in [0.15, 0.2) is 127 Å². The van der Waals surface area contributed by atoms with Gasteiger partial charge in [0, 0.05) is 38.1 Å². The fraction of sp³-hybridized carbons (Fsp3) is 0.318. The number of aromatic nitrogens is 4. The van der Waals surface area contributed by atoms with Gasteiger partial charge in [0.2, 0.25) is 20.0 Å². The number of hydrogen-bond donors (Lipinski definition) is 2. The second-order valence-electron chi connectivity index (χ2n) is 15.0. The van der Waals surface area contributed by atoms with Crippen molar-refractivity contribution in [1.29, 1.82) is 0 Å². The van der Waals surface area contributed by atoms with Crippen molar-refractivity contribution in [2.75, 3.05) is 26.3 Å². The Kier molecular flexibility index (Phi) is 22.4. The number of aryl methyl sites for hydroxylation is 2. The van der Waals surface area contributed by atoms with E-state index in [4.69, 9.17) is 9.47 Å². The van der Waals surface area contributed by atoms with E-state index in [0.29, 0.717) is 48.8 Å². The number of nitrogens with zero attached hydrogens (tertiary/aromatic N) is 8. The third kappa shape index (κ3) is 16.0. The van der Waals surface area contributed by atoms with Crippen LogP contribution in [0.5, 0.6) is 23.3 Å². The van der Waals surface area contributed by atoms with Crippen LogP contribution in [0.4, 0.5) is 22.7 Å². The van der Waals surface area contributed by atoms with Gasteiger partial charge < -0.3 is 29.9 Å². The van der Waals surface area contributed by atoms with Gasteiger partial charge in [-0.15, -0.1) is 10.2 Å². The van der Waals surface area contributed by atoms with E-state index < -0.39 is 43.3 Å². The maximum atomic E-state index is 12.7. The van der Waals surface area contributed by atoms with Crippen LogP contribution in [0.2, 0.25) is 0 Å². The molecule has 0 radical (unpaired) electrons. The minimum absolute atomic E-state index is 0. The third-order valence-corrected chi connectivity index (χ3v) is 12.0. The zero-order chi connectivity index (χ0) is 48.0. The third-order valence-electron chi connectivity index (χ3n) is 9.10. The molecule has 0 saturated carbocycles. The largest absolute Gasteiger partial charge is 3.00 e. The van der Waals surface area contributed by atoms with Gasteiger partial charge in [0.25, 0.3) is 0 Å². The normalized spacial score (nSPS) is 11.8. The van der Waals surface area contributed by atoms with Crippen molar-refractivity contribution in [3.63, 3.8) is 0 Å². The van der Waals surface area contributed by atoms with Crippen LogP contribution in [0.3, 0.4) is 0 Å². The number of azo groups is 2. The molecule has 68 heavy (non-hydrogen) atoms. The zero-order valence-corrected chi connectivity index (χ0v) is 43.1. The summed E-state index contributed by atoms with van der Waals surface area (Å²) in [6.45, 7) is 12.0. The van der Waals surface area contributed by atoms with Crippen LogP contribution >= 0.6 is 0 Å². The molecule has 20 nitrogen and oxygen atoms in total. The molecule has 0 fully saturated rings. The van der Waals surface area contributed by atoms with Crippen LogP contribution in [0.1, 0.15) is 51.9 Å². The van der Waals surface area contributed by atoms with Crippen molar-refractivity contribution in [1.82, 2.24) is 29.0 Å². The molecular weight excluding hydrogens is 975 g/mol. The molecule has 0 bridgehead atoms. The van der Waals surface area contributed by atoms with E-state index in [1.165, 1.54) is 21.5 Å². The van der Waals surface area contributed by atoms with Crippen molar-refractivity contribution in [2.24, 2.45) is 20.5 Å². The quantitative estimate of drug-likeness (QED) is 0.0634. The topological polar surface area (TPSA) is 288 Å². The minimum Gasteiger partial charge on any atom is -0.871 e. The maximum Gasteiger partial charge on any atom is 3.00 e. The molecule has 0 aliphatic rings. The number of benzene rings is 4. The molecule has 0 amide bonds. The Morgan fingerprint density at radius 2 is 0.926 bits per heavy atom. The Hall–Kier alpha value is -5.05. The molecule has 0 aliphatic carbocycles. The maximum absolute atomic E-state index is 12.7. The summed E-state index contributed by atoms with van der Waals surface area (Å²) in [6.07, 6.45) is 1.13. The Balaban J connectivity index is 0.000000350. The Labute approximate surface area is 428 Å². The zero-order valence-electron chi connectivity index (χ0n) is 38.4. The molecule has 6 aromatic rings. The van der Waals surface area contributed by atoms with E-state index in [9.17, 15) is 37.3 Å². The van der Waals surface area contributed by atoms with Gasteiger partial charge in [-0.25, -0.2) is 35.6 Å². The first kappa shape index (κ1) is 57.3. The van der Waals surface area contributed by atoms with Crippen molar-refractivity contribution in [3.8, 4) is 34.6 Å². The molecule has 358 valence electrons. The van der Waals surface area contributed by atoms with Gasteiger partial charge in [-0.3, -0.25) is 0 Å². The first-order valence-electron chi connectivity index (χ1n) is 20.7. The number of rotatable bonds is 20. The number of sulfonamides is 2. The summed E-state index contributed by atoms with van der Waals surface area (Å²) in [4.78, 5) is -0.250. The van der Waals surface area contributed by atoms with E-state index in [2.05, 4.69) is 40.1 Å². The Morgan fingerprint density at radius 3 is 1.26 bits per heavy atom. The van der Waals surface area contributed by atoms with Crippen LogP contribution in [-0.2, 0) is 46.3 Å². The van der Waals surface area contributed by atoms with E-state index in [0.717, 1.165) is 24.3 Å². The average Bonchev–Trinajstić information content (AvgIpc) is 3.74. The molecule has 0 unspecified atom stereocenters. The number of ether oxygens (including phenoxy) is 2. The molecule has 2 aromatic heterocycles. The summed E-state index contributed by atoms with van der Waals surface area (Å²) in [5.74, 6) is -2.04. The summed E-state index contributed by atoms with van der Waals surface area (Å²) in [6, 6.07) is 24.5. The molecule has 2 heterocycles. The van der Waals surface area contributed by atoms with Gasteiger partial charge in [-0.05, 0) is 103 Å². The molecule has 0 atom stereocenters. The second-order valence-corrected chi connectivity index (χ2v) is 18.5. The van der Waals surface area contributed by atoms with Gasteiger partial charge in [-0.2, -0.15) is 20.4 Å². The average molecular weight is 1030 g/mol. The SMILES string of the molecule is Cc1nn(-c2ccccc2)c([O-])c1N=Nc1cc(S(=O)(=O)NCCCOC(C)C)ccc1[O-].Cc1nn(-c2ccccc2)c([O-])c1N=Nc1cc(S(=O)(=O)NCCCOC(C)C)ccc1[O-].[Co+3].[Na+]. The molecule has 0 aliphatic heterocycles. The number of nitrogens with one attached hydrogen (secondary N) is 2. The van der Waals surface area contributed by atoms with Crippen LogP contribution in [-0.4, -0.2) is 74.9 Å². The van der Waals surface area contributed by atoms with E-state index in [1.807, 2.05) is 39.8 Å². The van der Waals surface area contributed by atoms with Gasteiger partial charge in [0.15, 0.2) is 0 Å². The molecule has 6 rings (SSSR count).